The van der Waals surface area contributed by atoms with Gasteiger partial charge in [0.05, 0.1) is 6.04 Å². The van der Waals surface area contributed by atoms with Crippen LogP contribution in [0.15, 0.2) is 36.4 Å². The van der Waals surface area contributed by atoms with E-state index in [-0.39, 0.29) is 13.4 Å². The van der Waals surface area contributed by atoms with Crippen LogP contribution in [-0.4, -0.2) is 30.4 Å². The van der Waals surface area contributed by atoms with E-state index in [1.54, 1.807) is 6.92 Å². The summed E-state index contributed by atoms with van der Waals surface area (Å²) >= 11 is 0. The number of rotatable bonds is 3. The van der Waals surface area contributed by atoms with E-state index in [0.29, 0.717) is 5.41 Å². The summed E-state index contributed by atoms with van der Waals surface area (Å²) in [5, 5.41) is 3.18. The van der Waals surface area contributed by atoms with Gasteiger partial charge in [0.1, 0.15) is 0 Å². The predicted octanol–water partition coefficient (Wildman–Crippen LogP) is 4.45. The van der Waals surface area contributed by atoms with Gasteiger partial charge in [0, 0.05) is 14.9 Å². The molecule has 1 aromatic carbocycles. The van der Waals surface area contributed by atoms with E-state index >= 15 is 0 Å². The number of allylic oxidation sites excluding steroid dienone is 2. The highest BCUT2D eigenvalue weighted by Gasteiger charge is 2.68. The molecule has 5 atom stereocenters. The molecule has 0 bridgehead atoms. The molecule has 6 rings (SSSR count). The van der Waals surface area contributed by atoms with Gasteiger partial charge in [-0.1, -0.05) is 36.4 Å². The molecule has 150 valence electrons. The van der Waals surface area contributed by atoms with Crippen molar-refractivity contribution >= 4 is 5.91 Å². The predicted molar refractivity (Wildman–Crippen MR) is 113 cm³/mol. The number of carbonyl (C=O) groups is 1. The Bertz CT molecular complexity index is 843. The first-order chi connectivity index (χ1) is 13.6. The minimum Gasteiger partial charge on any atom is -0.350 e. The van der Waals surface area contributed by atoms with Gasteiger partial charge in [-0.25, -0.2) is 0 Å². The Kier molecular flexibility index (Phi) is 3.67. The van der Waals surface area contributed by atoms with Crippen molar-refractivity contribution in [3.63, 3.8) is 0 Å². The van der Waals surface area contributed by atoms with Crippen LogP contribution in [0.4, 0.5) is 0 Å². The molecule has 1 aliphatic heterocycles. The highest BCUT2D eigenvalue weighted by molar-refractivity contribution is 5.73. The van der Waals surface area contributed by atoms with Crippen LogP contribution in [-0.2, 0) is 10.2 Å². The lowest BCUT2D eigenvalue weighted by atomic mass is 9.61. The highest BCUT2D eigenvalue weighted by atomic mass is 16.1. The normalized spacial score (nSPS) is 39.6. The molecule has 1 N–H and O–H groups in total. The number of hydrogen-bond donors (Lipinski definition) is 1. The SMILES string of the molecule is CC(=O)N[C@H]1CCC2(CCN(CC3CC45CC4C=CC35)CC2)c2ccccc21.[HH]. The first-order valence-corrected chi connectivity index (χ1v) is 11.4. The topological polar surface area (TPSA) is 32.3 Å². The summed E-state index contributed by atoms with van der Waals surface area (Å²) in [6.07, 6.45) is 12.9. The van der Waals surface area contributed by atoms with E-state index in [1.807, 2.05) is 0 Å². The van der Waals surface area contributed by atoms with Gasteiger partial charge >= 0.3 is 0 Å². The number of fused-ring (bicyclic) bond motifs is 2. The Morgan fingerprint density at radius 2 is 2.00 bits per heavy atom. The fraction of sp³-hybridized carbons (Fsp3) is 0.640. The number of carbonyl (C=O) groups excluding carboxylic acids is 1. The van der Waals surface area contributed by atoms with Crippen LogP contribution in [0.3, 0.4) is 0 Å². The van der Waals surface area contributed by atoms with E-state index in [2.05, 4.69) is 46.6 Å². The average Bonchev–Trinajstić information content (AvgIpc) is 3.34. The number of piperidine rings is 1. The van der Waals surface area contributed by atoms with Gasteiger partial charge in [0.2, 0.25) is 5.91 Å². The first kappa shape index (κ1) is 17.3. The smallest absolute Gasteiger partial charge is 0.217 e. The molecule has 3 fully saturated rings. The molecular formula is C25H34N2O. The zero-order valence-electron chi connectivity index (χ0n) is 17.0. The molecule has 5 aliphatic rings. The van der Waals surface area contributed by atoms with E-state index in [4.69, 9.17) is 0 Å². The monoisotopic (exact) mass is 378 g/mol. The lowest BCUT2D eigenvalue weighted by Crippen LogP contribution is -2.50. The molecule has 2 saturated carbocycles. The van der Waals surface area contributed by atoms with Crippen LogP contribution >= 0.6 is 0 Å². The van der Waals surface area contributed by atoms with E-state index in [0.717, 1.165) is 29.6 Å². The van der Waals surface area contributed by atoms with Gasteiger partial charge in [-0.05, 0) is 91.3 Å². The van der Waals surface area contributed by atoms with Crippen molar-refractivity contribution in [1.82, 2.24) is 10.2 Å². The summed E-state index contributed by atoms with van der Waals surface area (Å²) in [5.74, 6) is 2.86. The van der Waals surface area contributed by atoms with Crippen molar-refractivity contribution in [3.8, 4) is 0 Å². The summed E-state index contributed by atoms with van der Waals surface area (Å²) in [6.45, 7) is 5.43. The van der Waals surface area contributed by atoms with Crippen molar-refractivity contribution < 1.29 is 6.22 Å². The lowest BCUT2D eigenvalue weighted by molar-refractivity contribution is -0.119. The molecule has 3 heteroatoms. The molecule has 0 aromatic heterocycles. The van der Waals surface area contributed by atoms with Crippen molar-refractivity contribution in [2.24, 2.45) is 23.2 Å². The Balaban J connectivity index is 0.00000181. The molecule has 4 aliphatic carbocycles. The Hall–Kier alpha value is -1.61. The quantitative estimate of drug-likeness (QED) is 0.788. The minimum atomic E-state index is 0. The highest BCUT2D eigenvalue weighted by Crippen LogP contribution is 2.75. The maximum absolute atomic E-state index is 11.7. The molecule has 1 saturated heterocycles. The van der Waals surface area contributed by atoms with Crippen molar-refractivity contribution in [3.05, 3.63) is 47.5 Å². The molecule has 2 spiro atoms. The summed E-state index contributed by atoms with van der Waals surface area (Å²) in [6, 6.07) is 9.11. The van der Waals surface area contributed by atoms with E-state index in [9.17, 15) is 4.79 Å². The van der Waals surface area contributed by atoms with Crippen LogP contribution in [0.2, 0.25) is 0 Å². The number of benzene rings is 1. The molecule has 28 heavy (non-hydrogen) atoms. The van der Waals surface area contributed by atoms with Gasteiger partial charge in [0.15, 0.2) is 0 Å². The zero-order valence-corrected chi connectivity index (χ0v) is 17.0. The fourth-order valence-corrected chi connectivity index (χ4v) is 7.47. The second-order valence-electron chi connectivity index (χ2n) is 10.4. The Labute approximate surface area is 170 Å². The Morgan fingerprint density at radius 1 is 1.18 bits per heavy atom. The third kappa shape index (κ3) is 2.41. The van der Waals surface area contributed by atoms with Crippen molar-refractivity contribution in [2.45, 2.75) is 56.9 Å². The van der Waals surface area contributed by atoms with Gasteiger partial charge in [-0.15, -0.1) is 0 Å². The number of likely N-dealkylation sites (tertiary alicyclic amines) is 1. The summed E-state index contributed by atoms with van der Waals surface area (Å²) in [7, 11) is 0. The fourth-order valence-electron chi connectivity index (χ4n) is 7.47. The first-order valence-electron chi connectivity index (χ1n) is 11.4. The van der Waals surface area contributed by atoms with E-state index in [1.165, 1.54) is 62.9 Å². The number of amides is 1. The molecular weight excluding hydrogens is 344 g/mol. The average molecular weight is 379 g/mol. The molecule has 4 unspecified atom stereocenters. The van der Waals surface area contributed by atoms with Gasteiger partial charge in [0.25, 0.3) is 0 Å². The maximum Gasteiger partial charge on any atom is 0.217 e. The van der Waals surface area contributed by atoms with Crippen LogP contribution < -0.4 is 5.32 Å². The minimum absolute atomic E-state index is 0. The van der Waals surface area contributed by atoms with Crippen LogP contribution in [0.25, 0.3) is 0 Å². The van der Waals surface area contributed by atoms with Gasteiger partial charge < -0.3 is 10.2 Å². The van der Waals surface area contributed by atoms with Gasteiger partial charge in [-0.3, -0.25) is 4.79 Å². The second kappa shape index (κ2) is 5.95. The van der Waals surface area contributed by atoms with Gasteiger partial charge in [-0.2, -0.15) is 0 Å². The summed E-state index contributed by atoms with van der Waals surface area (Å²) < 4.78 is 0. The maximum atomic E-state index is 11.7. The molecule has 3 nitrogen and oxygen atoms in total. The van der Waals surface area contributed by atoms with Crippen LogP contribution in [0.5, 0.6) is 0 Å². The number of hydrogen-bond acceptors (Lipinski definition) is 2. The molecule has 0 radical (unpaired) electrons. The molecule has 1 heterocycles. The van der Waals surface area contributed by atoms with Crippen molar-refractivity contribution in [1.29, 1.82) is 0 Å². The third-order valence-corrected chi connectivity index (χ3v) is 9.05. The number of nitrogens with zero attached hydrogens (tertiary/aromatic N) is 1. The van der Waals surface area contributed by atoms with Crippen LogP contribution in [0.1, 0.15) is 64.0 Å². The second-order valence-corrected chi connectivity index (χ2v) is 10.4. The zero-order chi connectivity index (χ0) is 18.9. The standard InChI is InChI=1S/C25H32N2O.H2/c1-17(28)26-23-8-9-24(22-5-3-2-4-20(22)23)10-12-27(13-11-24)16-18-14-25-15-19(25)6-7-21(18)25;/h2-7,18-19,21,23H,8-16H2,1H3,(H,26,28);1H/t18?,19?,21?,23-,25?;/m0./s1. The molecule has 1 amide bonds. The molecule has 1 aromatic rings. The lowest BCUT2D eigenvalue weighted by Gasteiger charge is -2.50. The number of nitrogens with one attached hydrogen (secondary N) is 1. The summed E-state index contributed by atoms with van der Waals surface area (Å²) in [5.41, 5.74) is 3.97. The van der Waals surface area contributed by atoms with E-state index < -0.39 is 0 Å². The third-order valence-electron chi connectivity index (χ3n) is 9.05. The van der Waals surface area contributed by atoms with Crippen molar-refractivity contribution in [2.75, 3.05) is 19.6 Å². The van der Waals surface area contributed by atoms with Crippen LogP contribution in [0, 0.1) is 23.2 Å². The summed E-state index contributed by atoms with van der Waals surface area (Å²) in [4.78, 5) is 14.4. The largest absolute Gasteiger partial charge is 0.350 e. The Morgan fingerprint density at radius 3 is 2.75 bits per heavy atom.